The first-order chi connectivity index (χ1) is 9.20. The van der Waals surface area contributed by atoms with Gasteiger partial charge in [-0.15, -0.1) is 0 Å². The van der Waals surface area contributed by atoms with E-state index in [2.05, 4.69) is 31.7 Å². The van der Waals surface area contributed by atoms with Gasteiger partial charge in [-0.1, -0.05) is 34.1 Å². The Kier molecular flexibility index (Phi) is 4.48. The number of rotatable bonds is 4. The van der Waals surface area contributed by atoms with Crippen LogP contribution in [0.15, 0.2) is 47.1 Å². The molecule has 0 bridgehead atoms. The summed E-state index contributed by atoms with van der Waals surface area (Å²) in [7, 11) is 0. The van der Waals surface area contributed by atoms with Crippen LogP contribution in [0.3, 0.4) is 0 Å². The van der Waals surface area contributed by atoms with E-state index in [-0.39, 0.29) is 5.91 Å². The second-order valence-corrected chi connectivity index (χ2v) is 4.70. The Hall–Kier alpha value is -1.92. The van der Waals surface area contributed by atoms with Crippen LogP contribution in [-0.2, 0) is 6.54 Å². The van der Waals surface area contributed by atoms with Crippen molar-refractivity contribution in [1.29, 1.82) is 0 Å². The number of aromatic nitrogens is 1. The summed E-state index contributed by atoms with van der Waals surface area (Å²) in [6, 6.07) is 11.0. The quantitative estimate of drug-likeness (QED) is 0.595. The highest BCUT2D eigenvalue weighted by molar-refractivity contribution is 9.10. The maximum absolute atomic E-state index is 12.0. The van der Waals surface area contributed by atoms with Crippen LogP contribution in [0.4, 0.5) is 5.82 Å². The van der Waals surface area contributed by atoms with E-state index >= 15 is 0 Å². The molecule has 1 aromatic heterocycles. The molecule has 4 N–H and O–H groups in total. The topological polar surface area (TPSA) is 80.0 Å². The molecule has 0 saturated carbocycles. The molecule has 0 aliphatic carbocycles. The van der Waals surface area contributed by atoms with Crippen molar-refractivity contribution in [2.75, 3.05) is 5.43 Å². The molecule has 0 unspecified atom stereocenters. The van der Waals surface area contributed by atoms with E-state index < -0.39 is 0 Å². The summed E-state index contributed by atoms with van der Waals surface area (Å²) in [6.07, 6.45) is 1.53. The van der Waals surface area contributed by atoms with E-state index in [4.69, 9.17) is 5.84 Å². The van der Waals surface area contributed by atoms with E-state index in [0.29, 0.717) is 17.9 Å². The lowest BCUT2D eigenvalue weighted by atomic mass is 10.2. The van der Waals surface area contributed by atoms with Crippen molar-refractivity contribution in [1.82, 2.24) is 10.3 Å². The normalized spacial score (nSPS) is 10.0. The van der Waals surface area contributed by atoms with Crippen LogP contribution < -0.4 is 16.6 Å². The maximum Gasteiger partial charge on any atom is 0.251 e. The Morgan fingerprint density at radius 3 is 2.84 bits per heavy atom. The zero-order chi connectivity index (χ0) is 13.7. The van der Waals surface area contributed by atoms with Crippen molar-refractivity contribution in [3.05, 3.63) is 58.2 Å². The number of nitrogens with two attached hydrogens (primary N) is 1. The van der Waals surface area contributed by atoms with Crippen molar-refractivity contribution in [3.8, 4) is 0 Å². The zero-order valence-electron chi connectivity index (χ0n) is 10.1. The van der Waals surface area contributed by atoms with Gasteiger partial charge in [-0.2, -0.15) is 0 Å². The van der Waals surface area contributed by atoms with Crippen molar-refractivity contribution >= 4 is 27.7 Å². The Bertz CT molecular complexity index is 588. The lowest BCUT2D eigenvalue weighted by molar-refractivity contribution is 0.0951. The highest BCUT2D eigenvalue weighted by Gasteiger charge is 2.07. The van der Waals surface area contributed by atoms with Crippen molar-refractivity contribution in [3.63, 3.8) is 0 Å². The molecule has 0 aliphatic heterocycles. The van der Waals surface area contributed by atoms with Crippen molar-refractivity contribution < 1.29 is 4.79 Å². The van der Waals surface area contributed by atoms with Crippen LogP contribution in [0.1, 0.15) is 15.9 Å². The molecule has 1 heterocycles. The van der Waals surface area contributed by atoms with E-state index in [1.165, 1.54) is 6.20 Å². The summed E-state index contributed by atoms with van der Waals surface area (Å²) in [6.45, 7) is 0.452. The zero-order valence-corrected chi connectivity index (χ0v) is 11.6. The lowest BCUT2D eigenvalue weighted by Gasteiger charge is -2.07. The second-order valence-electron chi connectivity index (χ2n) is 3.85. The molecular weight excluding hydrogens is 308 g/mol. The summed E-state index contributed by atoms with van der Waals surface area (Å²) in [5, 5.41) is 2.84. The number of carbonyl (C=O) groups is 1. The molecule has 0 saturated heterocycles. The lowest BCUT2D eigenvalue weighted by Crippen LogP contribution is -2.23. The number of hydrazine groups is 1. The highest BCUT2D eigenvalue weighted by Crippen LogP contribution is 2.15. The van der Waals surface area contributed by atoms with Crippen LogP contribution in [0.25, 0.3) is 0 Å². The molecule has 6 heteroatoms. The summed E-state index contributed by atoms with van der Waals surface area (Å²) in [4.78, 5) is 15.9. The van der Waals surface area contributed by atoms with E-state index in [9.17, 15) is 4.79 Å². The number of anilines is 1. The standard InChI is InChI=1S/C13H13BrN4O/c14-11-4-2-1-3-10(11)8-17-13(19)9-5-6-16-12(7-9)18-15/h1-7H,8,15H2,(H,16,18)(H,17,19). The fraction of sp³-hybridized carbons (Fsp3) is 0.0769. The van der Waals surface area contributed by atoms with Crippen molar-refractivity contribution in [2.45, 2.75) is 6.54 Å². The van der Waals surface area contributed by atoms with E-state index in [0.717, 1.165) is 10.0 Å². The number of nitrogens with zero attached hydrogens (tertiary/aromatic N) is 1. The van der Waals surface area contributed by atoms with Gasteiger partial charge in [-0.05, 0) is 23.8 Å². The summed E-state index contributed by atoms with van der Waals surface area (Å²) < 4.78 is 0.967. The number of nitrogen functional groups attached to an aromatic ring is 1. The fourth-order valence-corrected chi connectivity index (χ4v) is 2.00. The van der Waals surface area contributed by atoms with Crippen LogP contribution in [0, 0.1) is 0 Å². The molecule has 98 valence electrons. The number of halogens is 1. The van der Waals surface area contributed by atoms with Crippen LogP contribution in [-0.4, -0.2) is 10.9 Å². The molecule has 0 radical (unpaired) electrons. The number of hydrogen-bond acceptors (Lipinski definition) is 4. The smallest absolute Gasteiger partial charge is 0.251 e. The number of amides is 1. The van der Waals surface area contributed by atoms with Gasteiger partial charge in [-0.3, -0.25) is 4.79 Å². The molecule has 0 fully saturated rings. The predicted octanol–water partition coefficient (Wildman–Crippen LogP) is 2.06. The van der Waals surface area contributed by atoms with Crippen molar-refractivity contribution in [2.24, 2.45) is 5.84 Å². The average Bonchev–Trinajstić information content (AvgIpc) is 2.46. The first-order valence-corrected chi connectivity index (χ1v) is 6.44. The first-order valence-electron chi connectivity index (χ1n) is 5.65. The highest BCUT2D eigenvalue weighted by atomic mass is 79.9. The van der Waals surface area contributed by atoms with Gasteiger partial charge < -0.3 is 10.7 Å². The molecular formula is C13H13BrN4O. The molecule has 0 aliphatic rings. The minimum Gasteiger partial charge on any atom is -0.348 e. The molecule has 1 aromatic carbocycles. The predicted molar refractivity (Wildman–Crippen MR) is 77.4 cm³/mol. The van der Waals surface area contributed by atoms with E-state index in [1.54, 1.807) is 12.1 Å². The van der Waals surface area contributed by atoms with Gasteiger partial charge in [0.25, 0.3) is 5.91 Å². The van der Waals surface area contributed by atoms with Gasteiger partial charge in [0, 0.05) is 22.8 Å². The molecule has 5 nitrogen and oxygen atoms in total. The largest absolute Gasteiger partial charge is 0.348 e. The number of hydrogen-bond donors (Lipinski definition) is 3. The van der Waals surface area contributed by atoms with Gasteiger partial charge in [0.2, 0.25) is 0 Å². The number of carbonyl (C=O) groups excluding carboxylic acids is 1. The van der Waals surface area contributed by atoms with Crippen LogP contribution in [0.5, 0.6) is 0 Å². The number of benzene rings is 1. The molecule has 0 spiro atoms. The van der Waals surface area contributed by atoms with Gasteiger partial charge in [0.05, 0.1) is 0 Å². The van der Waals surface area contributed by atoms with Gasteiger partial charge >= 0.3 is 0 Å². The molecule has 2 aromatic rings. The maximum atomic E-state index is 12.0. The first kappa shape index (κ1) is 13.5. The molecule has 19 heavy (non-hydrogen) atoms. The Morgan fingerprint density at radius 1 is 1.32 bits per heavy atom. The van der Waals surface area contributed by atoms with Gasteiger partial charge in [0.15, 0.2) is 0 Å². The summed E-state index contributed by atoms with van der Waals surface area (Å²) in [5.74, 6) is 5.53. The second kappa shape index (κ2) is 6.31. The Balaban J connectivity index is 2.03. The summed E-state index contributed by atoms with van der Waals surface area (Å²) in [5.41, 5.74) is 3.93. The Morgan fingerprint density at radius 2 is 2.11 bits per heavy atom. The van der Waals surface area contributed by atoms with Crippen LogP contribution in [0.2, 0.25) is 0 Å². The SMILES string of the molecule is NNc1cc(C(=O)NCc2ccccc2Br)ccn1. The third kappa shape index (κ3) is 3.52. The summed E-state index contributed by atoms with van der Waals surface area (Å²) >= 11 is 3.44. The molecule has 2 rings (SSSR count). The minimum absolute atomic E-state index is 0.172. The van der Waals surface area contributed by atoms with E-state index in [1.807, 2.05) is 24.3 Å². The van der Waals surface area contributed by atoms with Gasteiger partial charge in [0.1, 0.15) is 5.82 Å². The fourth-order valence-electron chi connectivity index (χ4n) is 1.57. The number of nitrogens with one attached hydrogen (secondary N) is 2. The minimum atomic E-state index is -0.172. The van der Waals surface area contributed by atoms with Crippen LogP contribution >= 0.6 is 15.9 Å². The Labute approximate surface area is 119 Å². The third-order valence-electron chi connectivity index (χ3n) is 2.57. The third-order valence-corrected chi connectivity index (χ3v) is 3.34. The van der Waals surface area contributed by atoms with Gasteiger partial charge in [-0.25, -0.2) is 10.8 Å². The molecule has 1 amide bonds. The molecule has 0 atom stereocenters. The number of pyridine rings is 1. The monoisotopic (exact) mass is 320 g/mol. The average molecular weight is 321 g/mol.